The Morgan fingerprint density at radius 1 is 0.939 bits per heavy atom. The van der Waals surface area contributed by atoms with Crippen LogP contribution >= 0.6 is 0 Å². The second-order valence-corrected chi connectivity index (χ2v) is 9.32. The van der Waals surface area contributed by atoms with Crippen LogP contribution in [0.3, 0.4) is 0 Å². The molecule has 0 radical (unpaired) electrons. The lowest BCUT2D eigenvalue weighted by molar-refractivity contribution is -0.145. The van der Waals surface area contributed by atoms with Gasteiger partial charge in [0, 0.05) is 5.92 Å². The molecule has 0 spiro atoms. The van der Waals surface area contributed by atoms with Crippen molar-refractivity contribution < 1.29 is 28.6 Å². The fraction of sp³-hybridized carbons (Fsp3) is 0.654. The Morgan fingerprint density at radius 2 is 1.58 bits per heavy atom. The Labute approximate surface area is 198 Å². The van der Waals surface area contributed by atoms with Gasteiger partial charge < -0.3 is 24.3 Å². The zero-order chi connectivity index (χ0) is 24.6. The molecule has 1 rings (SSSR count). The van der Waals surface area contributed by atoms with Crippen LogP contribution < -0.4 is 5.32 Å². The summed E-state index contributed by atoms with van der Waals surface area (Å²) in [5.41, 5.74) is 0.841. The van der Waals surface area contributed by atoms with Crippen molar-refractivity contribution in [3.05, 3.63) is 35.9 Å². The van der Waals surface area contributed by atoms with Gasteiger partial charge in [0.2, 0.25) is 0 Å². The molecule has 0 aliphatic rings. The molecule has 0 bridgehead atoms. The molecule has 3 unspecified atom stereocenters. The maximum Gasteiger partial charge on any atom is 0.408 e. The summed E-state index contributed by atoms with van der Waals surface area (Å²) in [6, 6.07) is 8.27. The van der Waals surface area contributed by atoms with Crippen LogP contribution in [0.25, 0.3) is 0 Å². The lowest BCUT2D eigenvalue weighted by atomic mass is 9.84. The summed E-state index contributed by atoms with van der Waals surface area (Å²) in [6.45, 7) is 8.97. The Morgan fingerprint density at radius 3 is 2.15 bits per heavy atom. The predicted molar refractivity (Wildman–Crippen MR) is 128 cm³/mol. The first kappa shape index (κ1) is 28.6. The van der Waals surface area contributed by atoms with E-state index in [-0.39, 0.29) is 25.0 Å². The second-order valence-electron chi connectivity index (χ2n) is 9.32. The van der Waals surface area contributed by atoms with Gasteiger partial charge in [-0.1, -0.05) is 70.9 Å². The molecule has 7 heteroatoms. The molecule has 186 valence electrons. The molecule has 1 amide bonds. The summed E-state index contributed by atoms with van der Waals surface area (Å²) in [6.07, 6.45) is 3.96. The van der Waals surface area contributed by atoms with Crippen LogP contribution in [0.5, 0.6) is 0 Å². The number of benzene rings is 1. The standard InChI is InChI=1S/C26H41NO6/c1-19(2)11-13-22(15-28)23(14-12-20(3)4)17-32-18-24(25(29)31-5)27-26(30)33-16-21-9-7-6-8-10-21/h6-10,15,19-20,22-24H,11-14,16-18H2,1-5H3,(H,27,30). The van der Waals surface area contributed by atoms with Crippen LogP contribution in [-0.4, -0.2) is 44.7 Å². The molecule has 0 fully saturated rings. The quantitative estimate of drug-likeness (QED) is 0.280. The number of alkyl carbamates (subject to hydrolysis) is 1. The van der Waals surface area contributed by atoms with E-state index in [0.717, 1.165) is 37.5 Å². The third kappa shape index (κ3) is 12.4. The number of carbonyl (C=O) groups is 3. The van der Waals surface area contributed by atoms with Crippen molar-refractivity contribution in [3.63, 3.8) is 0 Å². The smallest absolute Gasteiger partial charge is 0.408 e. The van der Waals surface area contributed by atoms with Crippen molar-refractivity contribution in [1.29, 1.82) is 0 Å². The highest BCUT2D eigenvalue weighted by atomic mass is 16.6. The Hall–Kier alpha value is -2.41. The van der Waals surface area contributed by atoms with Gasteiger partial charge in [-0.3, -0.25) is 0 Å². The van der Waals surface area contributed by atoms with E-state index >= 15 is 0 Å². The summed E-state index contributed by atoms with van der Waals surface area (Å²) in [4.78, 5) is 36.1. The van der Waals surface area contributed by atoms with Crippen LogP contribution in [0.4, 0.5) is 4.79 Å². The van der Waals surface area contributed by atoms with E-state index < -0.39 is 18.1 Å². The first-order valence-electron chi connectivity index (χ1n) is 11.8. The van der Waals surface area contributed by atoms with E-state index in [2.05, 4.69) is 33.0 Å². The molecule has 0 saturated carbocycles. The number of aldehydes is 1. The Balaban J connectivity index is 2.65. The average molecular weight is 464 g/mol. The molecular formula is C26H41NO6. The number of hydrogen-bond donors (Lipinski definition) is 1. The number of nitrogens with one attached hydrogen (secondary N) is 1. The van der Waals surface area contributed by atoms with E-state index in [9.17, 15) is 14.4 Å². The average Bonchev–Trinajstić information content (AvgIpc) is 2.80. The number of amides is 1. The first-order chi connectivity index (χ1) is 15.8. The van der Waals surface area contributed by atoms with Gasteiger partial charge in [-0.25, -0.2) is 9.59 Å². The fourth-order valence-electron chi connectivity index (χ4n) is 3.46. The van der Waals surface area contributed by atoms with Gasteiger partial charge in [0.05, 0.1) is 20.3 Å². The monoisotopic (exact) mass is 463 g/mol. The van der Waals surface area contributed by atoms with Crippen molar-refractivity contribution in [2.45, 2.75) is 66.0 Å². The van der Waals surface area contributed by atoms with Gasteiger partial charge in [-0.05, 0) is 36.2 Å². The molecule has 1 N–H and O–H groups in total. The first-order valence-corrected chi connectivity index (χ1v) is 11.8. The number of esters is 1. The molecule has 0 heterocycles. The highest BCUT2D eigenvalue weighted by molar-refractivity contribution is 5.81. The topological polar surface area (TPSA) is 90.9 Å². The van der Waals surface area contributed by atoms with Gasteiger partial charge >= 0.3 is 12.1 Å². The Bertz CT molecular complexity index is 691. The minimum Gasteiger partial charge on any atom is -0.467 e. The van der Waals surface area contributed by atoms with Crippen LogP contribution in [0.1, 0.15) is 58.9 Å². The lowest BCUT2D eigenvalue weighted by Gasteiger charge is -2.25. The number of rotatable bonds is 16. The molecule has 7 nitrogen and oxygen atoms in total. The molecule has 0 saturated heterocycles. The summed E-state index contributed by atoms with van der Waals surface area (Å²) in [7, 11) is 1.26. The predicted octanol–water partition coefficient (Wildman–Crippen LogP) is 4.77. The van der Waals surface area contributed by atoms with Crippen molar-refractivity contribution >= 4 is 18.3 Å². The molecule has 1 aromatic carbocycles. The maximum atomic E-state index is 12.2. The van der Waals surface area contributed by atoms with E-state index in [1.165, 1.54) is 7.11 Å². The third-order valence-electron chi connectivity index (χ3n) is 5.58. The van der Waals surface area contributed by atoms with Crippen LogP contribution in [0, 0.1) is 23.7 Å². The van der Waals surface area contributed by atoms with Gasteiger partial charge in [-0.2, -0.15) is 0 Å². The van der Waals surface area contributed by atoms with Gasteiger partial charge in [0.15, 0.2) is 6.04 Å². The van der Waals surface area contributed by atoms with E-state index in [4.69, 9.17) is 14.2 Å². The maximum absolute atomic E-state index is 12.2. The van der Waals surface area contributed by atoms with Gasteiger partial charge in [0.1, 0.15) is 12.9 Å². The molecule has 0 aromatic heterocycles. The van der Waals surface area contributed by atoms with Crippen LogP contribution in [0.2, 0.25) is 0 Å². The van der Waals surface area contributed by atoms with Crippen molar-refractivity contribution in [2.24, 2.45) is 23.7 Å². The third-order valence-corrected chi connectivity index (χ3v) is 5.58. The molecule has 33 heavy (non-hydrogen) atoms. The molecule has 1 aromatic rings. The summed E-state index contributed by atoms with van der Waals surface area (Å²) >= 11 is 0. The minimum absolute atomic E-state index is 0.0545. The molecule has 0 aliphatic carbocycles. The lowest BCUT2D eigenvalue weighted by Crippen LogP contribution is -2.45. The van der Waals surface area contributed by atoms with Gasteiger partial charge in [-0.15, -0.1) is 0 Å². The van der Waals surface area contributed by atoms with Crippen molar-refractivity contribution in [3.8, 4) is 0 Å². The van der Waals surface area contributed by atoms with E-state index in [0.29, 0.717) is 18.4 Å². The number of carbonyl (C=O) groups excluding carboxylic acids is 3. The number of hydrogen-bond acceptors (Lipinski definition) is 6. The van der Waals surface area contributed by atoms with E-state index in [1.54, 1.807) is 0 Å². The molecular weight excluding hydrogens is 422 g/mol. The fourth-order valence-corrected chi connectivity index (χ4v) is 3.46. The summed E-state index contributed by atoms with van der Waals surface area (Å²) in [5.74, 6) is 0.401. The zero-order valence-corrected chi connectivity index (χ0v) is 20.8. The SMILES string of the molecule is COC(=O)C(COCC(CCC(C)C)C(C=O)CCC(C)C)NC(=O)OCc1ccccc1. The normalized spacial score (nSPS) is 13.9. The van der Waals surface area contributed by atoms with Crippen molar-refractivity contribution in [2.75, 3.05) is 20.3 Å². The van der Waals surface area contributed by atoms with E-state index in [1.807, 2.05) is 30.3 Å². The second kappa shape index (κ2) is 16.2. The zero-order valence-electron chi connectivity index (χ0n) is 20.8. The molecule has 3 atom stereocenters. The molecule has 0 aliphatic heterocycles. The summed E-state index contributed by atoms with van der Waals surface area (Å²) < 4.78 is 15.8. The number of methoxy groups -OCH3 is 1. The highest BCUT2D eigenvalue weighted by Crippen LogP contribution is 2.25. The largest absolute Gasteiger partial charge is 0.467 e. The summed E-state index contributed by atoms with van der Waals surface area (Å²) in [5, 5.41) is 2.51. The van der Waals surface area contributed by atoms with Crippen LogP contribution in [0.15, 0.2) is 30.3 Å². The number of ether oxygens (including phenoxy) is 3. The minimum atomic E-state index is -0.991. The van der Waals surface area contributed by atoms with Crippen molar-refractivity contribution in [1.82, 2.24) is 5.32 Å². The Kier molecular flexibility index (Phi) is 14.1. The van der Waals surface area contributed by atoms with Gasteiger partial charge in [0.25, 0.3) is 0 Å². The van der Waals surface area contributed by atoms with Crippen LogP contribution in [-0.2, 0) is 30.4 Å². The highest BCUT2D eigenvalue weighted by Gasteiger charge is 2.26.